The Hall–Kier alpha value is -3.87. The highest BCUT2D eigenvalue weighted by molar-refractivity contribution is 7.80. The molecule has 4 aromatic carbocycles. The monoisotopic (exact) mass is 479 g/mol. The predicted molar refractivity (Wildman–Crippen MR) is 147 cm³/mol. The van der Waals surface area contributed by atoms with Gasteiger partial charge in [0.1, 0.15) is 5.01 Å². The first-order chi connectivity index (χ1) is 16.5. The Morgan fingerprint density at radius 1 is 0.971 bits per heavy atom. The van der Waals surface area contributed by atoms with Gasteiger partial charge >= 0.3 is 0 Å². The van der Waals surface area contributed by atoms with Gasteiger partial charge in [0.15, 0.2) is 5.11 Å². The molecule has 0 saturated heterocycles. The van der Waals surface area contributed by atoms with Crippen molar-refractivity contribution in [3.8, 4) is 10.6 Å². The third-order valence-corrected chi connectivity index (χ3v) is 6.68. The first-order valence-electron chi connectivity index (χ1n) is 10.8. The van der Waals surface area contributed by atoms with Gasteiger partial charge in [0.05, 0.1) is 10.2 Å². The highest BCUT2D eigenvalue weighted by Gasteiger charge is 2.08. The van der Waals surface area contributed by atoms with Crippen LogP contribution < -0.4 is 10.6 Å². The van der Waals surface area contributed by atoms with Gasteiger partial charge in [0.25, 0.3) is 0 Å². The van der Waals surface area contributed by atoms with E-state index in [0.29, 0.717) is 0 Å². The van der Waals surface area contributed by atoms with Crippen LogP contribution in [0.25, 0.3) is 37.6 Å². The molecule has 4 nitrogen and oxygen atoms in total. The molecule has 5 aromatic rings. The number of hydrogen-bond acceptors (Lipinski definition) is 4. The van der Waals surface area contributed by atoms with Gasteiger partial charge in [0, 0.05) is 17.3 Å². The summed E-state index contributed by atoms with van der Waals surface area (Å²) in [4.78, 5) is 17.1. The van der Waals surface area contributed by atoms with Crippen molar-refractivity contribution in [1.29, 1.82) is 0 Å². The first-order valence-corrected chi connectivity index (χ1v) is 12.0. The number of thiocarbonyl (C=S) groups is 1. The van der Waals surface area contributed by atoms with Gasteiger partial charge < -0.3 is 5.32 Å². The van der Waals surface area contributed by atoms with Gasteiger partial charge in [-0.3, -0.25) is 10.1 Å². The molecule has 0 saturated carbocycles. The third kappa shape index (κ3) is 4.88. The van der Waals surface area contributed by atoms with E-state index in [-0.39, 0.29) is 11.0 Å². The quantitative estimate of drug-likeness (QED) is 0.216. The number of benzene rings is 4. The number of nitrogens with zero attached hydrogens (tertiary/aromatic N) is 1. The zero-order chi connectivity index (χ0) is 23.5. The lowest BCUT2D eigenvalue weighted by Crippen LogP contribution is -2.32. The van der Waals surface area contributed by atoms with Crippen molar-refractivity contribution in [3.05, 3.63) is 102 Å². The molecule has 0 bridgehead atoms. The fourth-order valence-electron chi connectivity index (χ4n) is 3.73. The van der Waals surface area contributed by atoms with Crippen molar-refractivity contribution in [3.63, 3.8) is 0 Å². The van der Waals surface area contributed by atoms with Crippen molar-refractivity contribution in [1.82, 2.24) is 10.3 Å². The summed E-state index contributed by atoms with van der Waals surface area (Å²) in [5, 5.41) is 9.21. The largest absolute Gasteiger partial charge is 0.332 e. The molecule has 0 unspecified atom stereocenters. The second-order valence-corrected chi connectivity index (χ2v) is 9.35. The molecule has 5 rings (SSSR count). The van der Waals surface area contributed by atoms with E-state index >= 15 is 0 Å². The Morgan fingerprint density at radius 3 is 2.62 bits per heavy atom. The fraction of sp³-hybridized carbons (Fsp3) is 0.0357. The standard InChI is InChI=1S/C28H21N3OS2/c1-18-9-15-24-25(17-18)34-27(30-24)21-10-13-22(14-11-21)29-28(33)31-26(32)16-12-20-7-4-6-19-5-2-3-8-23(19)20/h2-17H,1H3,(H2,29,31,32,33)/b16-12+. The van der Waals surface area contributed by atoms with Crippen molar-refractivity contribution >= 4 is 67.3 Å². The first kappa shape index (κ1) is 21.9. The number of hydrogen-bond donors (Lipinski definition) is 2. The van der Waals surface area contributed by atoms with Gasteiger partial charge in [-0.15, -0.1) is 11.3 Å². The van der Waals surface area contributed by atoms with Gasteiger partial charge in [-0.1, -0.05) is 48.5 Å². The molecule has 1 aromatic heterocycles. The summed E-state index contributed by atoms with van der Waals surface area (Å²) < 4.78 is 1.18. The normalized spacial score (nSPS) is 11.2. The van der Waals surface area contributed by atoms with E-state index in [2.05, 4.69) is 47.9 Å². The number of carbonyl (C=O) groups excluding carboxylic acids is 1. The number of rotatable bonds is 4. The number of aromatic nitrogens is 1. The Balaban J connectivity index is 1.22. The minimum Gasteiger partial charge on any atom is -0.332 e. The summed E-state index contributed by atoms with van der Waals surface area (Å²) in [5.41, 5.74) is 5.05. The molecule has 0 aliphatic rings. The van der Waals surface area contributed by atoms with Gasteiger partial charge in [0.2, 0.25) is 5.91 Å². The topological polar surface area (TPSA) is 54.0 Å². The molecular weight excluding hydrogens is 458 g/mol. The van der Waals surface area contributed by atoms with E-state index in [0.717, 1.165) is 38.1 Å². The molecule has 0 atom stereocenters. The molecule has 2 N–H and O–H groups in total. The maximum atomic E-state index is 12.4. The molecule has 166 valence electrons. The van der Waals surface area contributed by atoms with Crippen LogP contribution in [0.5, 0.6) is 0 Å². The molecule has 0 aliphatic carbocycles. The van der Waals surface area contributed by atoms with Crippen LogP contribution in [-0.2, 0) is 4.79 Å². The zero-order valence-corrected chi connectivity index (χ0v) is 20.0. The Bertz CT molecular complexity index is 1550. The van der Waals surface area contributed by atoms with Crippen LogP contribution in [0.2, 0.25) is 0 Å². The summed E-state index contributed by atoms with van der Waals surface area (Å²) in [6, 6.07) is 28.2. The van der Waals surface area contributed by atoms with E-state index in [1.165, 1.54) is 16.3 Å². The molecular formula is C28H21N3OS2. The van der Waals surface area contributed by atoms with Crippen LogP contribution in [0.4, 0.5) is 5.69 Å². The highest BCUT2D eigenvalue weighted by Crippen LogP contribution is 2.31. The number of aryl methyl sites for hydroxylation is 1. The Morgan fingerprint density at radius 2 is 1.76 bits per heavy atom. The van der Waals surface area contributed by atoms with E-state index < -0.39 is 0 Å². The van der Waals surface area contributed by atoms with Crippen LogP contribution in [0.15, 0.2) is 91.0 Å². The van der Waals surface area contributed by atoms with Crippen molar-refractivity contribution in [2.75, 3.05) is 5.32 Å². The number of amides is 1. The van der Waals surface area contributed by atoms with E-state index in [1.807, 2.05) is 54.6 Å². The van der Waals surface area contributed by atoms with E-state index in [1.54, 1.807) is 17.4 Å². The lowest BCUT2D eigenvalue weighted by molar-refractivity contribution is -0.115. The van der Waals surface area contributed by atoms with Gasteiger partial charge in [-0.25, -0.2) is 4.98 Å². The molecule has 1 amide bonds. The minimum absolute atomic E-state index is 0.246. The van der Waals surface area contributed by atoms with Crippen LogP contribution in [0, 0.1) is 6.92 Å². The summed E-state index contributed by atoms with van der Waals surface area (Å²) in [6.07, 6.45) is 3.29. The van der Waals surface area contributed by atoms with Crippen molar-refractivity contribution < 1.29 is 4.79 Å². The fourth-order valence-corrected chi connectivity index (χ4v) is 5.02. The molecule has 0 radical (unpaired) electrons. The maximum absolute atomic E-state index is 12.4. The molecule has 34 heavy (non-hydrogen) atoms. The van der Waals surface area contributed by atoms with Gasteiger partial charge in [-0.2, -0.15) is 0 Å². The number of carbonyl (C=O) groups is 1. The second kappa shape index (κ2) is 9.55. The predicted octanol–water partition coefficient (Wildman–Crippen LogP) is 6.95. The van der Waals surface area contributed by atoms with Crippen molar-refractivity contribution in [2.24, 2.45) is 0 Å². The number of thiazole rings is 1. The summed E-state index contributed by atoms with van der Waals surface area (Å²) in [6.45, 7) is 2.08. The highest BCUT2D eigenvalue weighted by atomic mass is 32.1. The van der Waals surface area contributed by atoms with Crippen LogP contribution in [0.1, 0.15) is 11.1 Å². The molecule has 6 heteroatoms. The second-order valence-electron chi connectivity index (χ2n) is 7.91. The Kier molecular flexibility index (Phi) is 6.16. The van der Waals surface area contributed by atoms with Crippen molar-refractivity contribution in [2.45, 2.75) is 6.92 Å². The molecule has 0 fully saturated rings. The average Bonchev–Trinajstić information content (AvgIpc) is 3.26. The van der Waals surface area contributed by atoms with Gasteiger partial charge in [-0.05, 0) is 83.5 Å². The molecule has 1 heterocycles. The lowest BCUT2D eigenvalue weighted by Gasteiger charge is -2.08. The molecule has 0 aliphatic heterocycles. The van der Waals surface area contributed by atoms with E-state index in [9.17, 15) is 4.79 Å². The van der Waals surface area contributed by atoms with Crippen LogP contribution in [-0.4, -0.2) is 16.0 Å². The summed E-state index contributed by atoms with van der Waals surface area (Å²) in [5.74, 6) is -0.285. The third-order valence-electron chi connectivity index (χ3n) is 5.41. The number of fused-ring (bicyclic) bond motifs is 2. The SMILES string of the molecule is Cc1ccc2nc(-c3ccc(NC(=S)NC(=O)/C=C/c4cccc5ccccc45)cc3)sc2c1. The summed E-state index contributed by atoms with van der Waals surface area (Å²) in [7, 11) is 0. The van der Waals surface area contributed by atoms with Crippen LogP contribution >= 0.6 is 23.6 Å². The Labute approximate surface area is 207 Å². The lowest BCUT2D eigenvalue weighted by atomic mass is 10.0. The number of nitrogens with one attached hydrogen (secondary N) is 2. The smallest absolute Gasteiger partial charge is 0.250 e. The van der Waals surface area contributed by atoms with E-state index in [4.69, 9.17) is 17.2 Å². The maximum Gasteiger partial charge on any atom is 0.250 e. The van der Waals surface area contributed by atoms with Crippen LogP contribution in [0.3, 0.4) is 0 Å². The summed E-state index contributed by atoms with van der Waals surface area (Å²) >= 11 is 6.99. The minimum atomic E-state index is -0.285. The molecule has 0 spiro atoms. The number of anilines is 1. The average molecular weight is 480 g/mol. The zero-order valence-electron chi connectivity index (χ0n) is 18.4.